The van der Waals surface area contributed by atoms with E-state index in [1.54, 1.807) is 36.5 Å². The molecule has 0 saturated carbocycles. The minimum absolute atomic E-state index is 0.0162. The fourth-order valence-electron chi connectivity index (χ4n) is 2.71. The lowest BCUT2D eigenvalue weighted by Gasteiger charge is -2.08. The molecule has 4 aromatic rings. The van der Waals surface area contributed by atoms with E-state index in [0.29, 0.717) is 33.1 Å². The van der Waals surface area contributed by atoms with Gasteiger partial charge in [0, 0.05) is 30.9 Å². The number of nitrogens with zero attached hydrogens (tertiary/aromatic N) is 5. The molecule has 1 aromatic carbocycles. The quantitative estimate of drug-likeness (QED) is 0.370. The van der Waals surface area contributed by atoms with Crippen LogP contribution in [0.1, 0.15) is 5.56 Å². The molecule has 0 unspecified atom stereocenters. The maximum absolute atomic E-state index is 11.2. The summed E-state index contributed by atoms with van der Waals surface area (Å²) in [5.74, 6) is 0.725. The van der Waals surface area contributed by atoms with Crippen LogP contribution in [0.2, 0.25) is 0 Å². The van der Waals surface area contributed by atoms with Crippen molar-refractivity contribution in [2.45, 2.75) is 6.54 Å². The van der Waals surface area contributed by atoms with Crippen molar-refractivity contribution in [3.63, 3.8) is 0 Å². The van der Waals surface area contributed by atoms with Gasteiger partial charge in [-0.1, -0.05) is 18.2 Å². The third kappa shape index (κ3) is 3.84. The van der Waals surface area contributed by atoms with E-state index in [-0.39, 0.29) is 17.2 Å². The lowest BCUT2D eigenvalue weighted by atomic mass is 10.2. The third-order valence-electron chi connectivity index (χ3n) is 4.04. The zero-order chi connectivity index (χ0) is 20.4. The van der Waals surface area contributed by atoms with E-state index in [1.165, 1.54) is 18.2 Å². The molecule has 144 valence electrons. The minimum Gasteiger partial charge on any atom is -0.365 e. The van der Waals surface area contributed by atoms with Gasteiger partial charge in [-0.2, -0.15) is 0 Å². The van der Waals surface area contributed by atoms with Gasteiger partial charge in [0.1, 0.15) is 16.3 Å². The highest BCUT2D eigenvalue weighted by molar-refractivity contribution is 7.21. The van der Waals surface area contributed by atoms with Crippen LogP contribution in [0.15, 0.2) is 54.7 Å². The number of rotatable bonds is 6. The molecule has 1 N–H and O–H groups in total. The summed E-state index contributed by atoms with van der Waals surface area (Å²) in [5.41, 5.74) is 1.19. The Morgan fingerprint density at radius 1 is 1.00 bits per heavy atom. The zero-order valence-corrected chi connectivity index (χ0v) is 15.5. The number of hydrogen-bond acceptors (Lipinski definition) is 9. The third-order valence-corrected chi connectivity index (χ3v) is 5.02. The van der Waals surface area contributed by atoms with Crippen LogP contribution in [-0.2, 0) is 6.54 Å². The number of nitro groups is 2. The Morgan fingerprint density at radius 2 is 1.86 bits per heavy atom. The normalized spacial score (nSPS) is 10.8. The molecule has 29 heavy (non-hydrogen) atoms. The first-order valence-corrected chi connectivity index (χ1v) is 9.17. The molecule has 10 nitrogen and oxygen atoms in total. The highest BCUT2D eigenvalue weighted by atomic mass is 32.1. The van der Waals surface area contributed by atoms with Gasteiger partial charge in [0.2, 0.25) is 0 Å². The van der Waals surface area contributed by atoms with Gasteiger partial charge in [-0.3, -0.25) is 25.2 Å². The smallest absolute Gasteiger partial charge is 0.326 e. The number of pyridine rings is 1. The van der Waals surface area contributed by atoms with Crippen molar-refractivity contribution in [1.82, 2.24) is 15.0 Å². The molecule has 0 aliphatic rings. The summed E-state index contributed by atoms with van der Waals surface area (Å²) in [5, 5.41) is 25.7. The van der Waals surface area contributed by atoms with Crippen LogP contribution >= 0.6 is 11.3 Å². The van der Waals surface area contributed by atoms with Gasteiger partial charge < -0.3 is 5.32 Å². The molecule has 0 spiro atoms. The standard InChI is InChI=1S/C18H12N6O4S/c25-23(26)12-5-3-4-11(8-12)10-20-16-13-9-15(24(27)28)29-18(13)22-17(21-16)14-6-1-2-7-19-14/h1-9H,10H2,(H,20,21,22). The summed E-state index contributed by atoms with van der Waals surface area (Å²) in [6, 6.07) is 12.9. The fourth-order valence-corrected chi connectivity index (χ4v) is 3.56. The molecular formula is C18H12N6O4S. The van der Waals surface area contributed by atoms with E-state index in [4.69, 9.17) is 0 Å². The molecule has 3 heterocycles. The van der Waals surface area contributed by atoms with Crippen molar-refractivity contribution in [2.75, 3.05) is 5.32 Å². The second-order valence-corrected chi connectivity index (χ2v) is 6.96. The van der Waals surface area contributed by atoms with E-state index in [0.717, 1.165) is 11.3 Å². The Bertz CT molecular complexity index is 1230. The first-order valence-electron chi connectivity index (χ1n) is 8.36. The van der Waals surface area contributed by atoms with Crippen LogP contribution in [0.3, 0.4) is 0 Å². The van der Waals surface area contributed by atoms with Crippen LogP contribution in [0.5, 0.6) is 0 Å². The molecule has 4 rings (SSSR count). The Hall–Kier alpha value is -3.99. The van der Waals surface area contributed by atoms with Crippen molar-refractivity contribution < 1.29 is 9.85 Å². The summed E-state index contributed by atoms with van der Waals surface area (Å²) in [4.78, 5) is 34.8. The number of non-ortho nitro benzene ring substituents is 1. The summed E-state index contributed by atoms with van der Waals surface area (Å²) in [7, 11) is 0. The second kappa shape index (κ2) is 7.56. The Balaban J connectivity index is 1.74. The molecule has 11 heteroatoms. The predicted octanol–water partition coefficient (Wildman–Crippen LogP) is 4.18. The van der Waals surface area contributed by atoms with Crippen LogP contribution in [-0.4, -0.2) is 24.8 Å². The fraction of sp³-hybridized carbons (Fsp3) is 0.0556. The van der Waals surface area contributed by atoms with Gasteiger partial charge in [0.25, 0.3) is 5.69 Å². The monoisotopic (exact) mass is 408 g/mol. The number of thiophene rings is 1. The zero-order valence-electron chi connectivity index (χ0n) is 14.7. The number of nitrogens with one attached hydrogen (secondary N) is 1. The molecule has 0 amide bonds. The largest absolute Gasteiger partial charge is 0.365 e. The maximum Gasteiger partial charge on any atom is 0.326 e. The number of benzene rings is 1. The van der Waals surface area contributed by atoms with E-state index in [2.05, 4.69) is 20.3 Å². The van der Waals surface area contributed by atoms with Gasteiger partial charge in [-0.05, 0) is 29.0 Å². The molecule has 0 fully saturated rings. The van der Waals surface area contributed by atoms with Gasteiger partial charge in [0.15, 0.2) is 5.82 Å². The number of aromatic nitrogens is 3. The highest BCUT2D eigenvalue weighted by Crippen LogP contribution is 2.35. The summed E-state index contributed by atoms with van der Waals surface area (Å²) < 4.78 is 0. The van der Waals surface area contributed by atoms with Crippen LogP contribution in [0, 0.1) is 20.2 Å². The summed E-state index contributed by atoms with van der Waals surface area (Å²) in [6.07, 6.45) is 1.61. The van der Waals surface area contributed by atoms with Gasteiger partial charge in [0.05, 0.1) is 15.2 Å². The molecule has 0 aliphatic carbocycles. The predicted molar refractivity (Wildman–Crippen MR) is 108 cm³/mol. The van der Waals surface area contributed by atoms with Gasteiger partial charge in [-0.25, -0.2) is 9.97 Å². The van der Waals surface area contributed by atoms with Gasteiger partial charge in [-0.15, -0.1) is 0 Å². The lowest BCUT2D eigenvalue weighted by molar-refractivity contribution is -0.384. The SMILES string of the molecule is O=[N+]([O-])c1cccc(CNc2nc(-c3ccccn3)nc3sc([N+](=O)[O-])cc23)c1. The van der Waals surface area contributed by atoms with Gasteiger partial charge >= 0.3 is 5.00 Å². The van der Waals surface area contributed by atoms with E-state index >= 15 is 0 Å². The maximum atomic E-state index is 11.2. The van der Waals surface area contributed by atoms with E-state index < -0.39 is 9.85 Å². The second-order valence-electron chi connectivity index (χ2n) is 5.95. The Labute approximate surface area is 167 Å². The van der Waals surface area contributed by atoms with Crippen molar-refractivity contribution in [3.8, 4) is 11.5 Å². The molecular weight excluding hydrogens is 396 g/mol. The molecule has 0 bridgehead atoms. The molecule has 0 radical (unpaired) electrons. The first kappa shape index (κ1) is 18.4. The van der Waals surface area contributed by atoms with Crippen LogP contribution < -0.4 is 5.32 Å². The molecule has 0 atom stereocenters. The molecule has 0 saturated heterocycles. The Kier molecular flexibility index (Phi) is 4.79. The number of anilines is 1. The van der Waals surface area contributed by atoms with Crippen molar-refractivity contribution in [2.24, 2.45) is 0 Å². The number of hydrogen-bond donors (Lipinski definition) is 1. The minimum atomic E-state index is -0.475. The van der Waals surface area contributed by atoms with Crippen molar-refractivity contribution in [1.29, 1.82) is 0 Å². The topological polar surface area (TPSA) is 137 Å². The number of nitro benzene ring substituents is 1. The van der Waals surface area contributed by atoms with Crippen molar-refractivity contribution >= 4 is 38.1 Å². The number of fused-ring (bicyclic) bond motifs is 1. The van der Waals surface area contributed by atoms with Crippen LogP contribution in [0.25, 0.3) is 21.7 Å². The molecule has 3 aromatic heterocycles. The molecule has 0 aliphatic heterocycles. The summed E-state index contributed by atoms with van der Waals surface area (Å²) >= 11 is 0.949. The lowest BCUT2D eigenvalue weighted by Crippen LogP contribution is -2.04. The van der Waals surface area contributed by atoms with Crippen molar-refractivity contribution in [3.05, 3.63) is 80.5 Å². The average Bonchev–Trinajstić information content (AvgIpc) is 3.17. The van der Waals surface area contributed by atoms with E-state index in [1.807, 2.05) is 0 Å². The summed E-state index contributed by atoms with van der Waals surface area (Å²) in [6.45, 7) is 0.249. The first-order chi connectivity index (χ1) is 14.0. The Morgan fingerprint density at radius 3 is 2.59 bits per heavy atom. The van der Waals surface area contributed by atoms with E-state index in [9.17, 15) is 20.2 Å². The highest BCUT2D eigenvalue weighted by Gasteiger charge is 2.18. The average molecular weight is 408 g/mol. The van der Waals surface area contributed by atoms with Crippen LogP contribution in [0.4, 0.5) is 16.5 Å².